The smallest absolute Gasteiger partial charge is 0.325 e. The molecule has 0 spiro atoms. The minimum absolute atomic E-state index is 0.327. The SMILES string of the molecule is CCCNC(CSC(C)C(C)C)(C(=O)O)C1CC1. The van der Waals surface area contributed by atoms with E-state index in [2.05, 4.69) is 33.0 Å². The summed E-state index contributed by atoms with van der Waals surface area (Å²) in [7, 11) is 0. The van der Waals surface area contributed by atoms with Crippen molar-refractivity contribution in [1.29, 1.82) is 0 Å². The first-order valence-corrected chi connectivity index (χ1v) is 8.09. The predicted molar refractivity (Wildman–Crippen MR) is 78.1 cm³/mol. The van der Waals surface area contributed by atoms with Crippen molar-refractivity contribution in [2.75, 3.05) is 12.3 Å². The maximum atomic E-state index is 11.7. The van der Waals surface area contributed by atoms with E-state index in [9.17, 15) is 9.90 Å². The van der Waals surface area contributed by atoms with Crippen LogP contribution in [0.15, 0.2) is 0 Å². The van der Waals surface area contributed by atoms with Gasteiger partial charge in [0.1, 0.15) is 5.54 Å². The Labute approximate surface area is 115 Å². The van der Waals surface area contributed by atoms with E-state index in [0.717, 1.165) is 25.8 Å². The summed E-state index contributed by atoms with van der Waals surface area (Å²) in [6.07, 6.45) is 3.09. The first-order chi connectivity index (χ1) is 8.44. The number of aliphatic carboxylic acids is 1. The fourth-order valence-electron chi connectivity index (χ4n) is 2.00. The summed E-state index contributed by atoms with van der Waals surface area (Å²) >= 11 is 1.80. The maximum absolute atomic E-state index is 11.7. The van der Waals surface area contributed by atoms with Crippen molar-refractivity contribution in [1.82, 2.24) is 5.32 Å². The molecule has 0 aromatic rings. The molecule has 1 fully saturated rings. The van der Waals surface area contributed by atoms with E-state index >= 15 is 0 Å². The molecule has 1 aliphatic rings. The lowest BCUT2D eigenvalue weighted by Gasteiger charge is -2.32. The van der Waals surface area contributed by atoms with Crippen molar-refractivity contribution in [2.45, 2.75) is 57.7 Å². The van der Waals surface area contributed by atoms with E-state index in [1.165, 1.54) is 0 Å². The number of carbonyl (C=O) groups is 1. The van der Waals surface area contributed by atoms with Crippen LogP contribution in [0.2, 0.25) is 0 Å². The largest absolute Gasteiger partial charge is 0.480 e. The van der Waals surface area contributed by atoms with Gasteiger partial charge in [-0.05, 0) is 37.6 Å². The topological polar surface area (TPSA) is 49.3 Å². The molecule has 4 heteroatoms. The van der Waals surface area contributed by atoms with Crippen LogP contribution >= 0.6 is 11.8 Å². The van der Waals surface area contributed by atoms with E-state index in [1.807, 2.05) is 0 Å². The average Bonchev–Trinajstić information content (AvgIpc) is 3.13. The molecule has 106 valence electrons. The second-order valence-corrected chi connectivity index (χ2v) is 7.10. The molecule has 0 aliphatic heterocycles. The molecule has 2 unspecified atom stereocenters. The molecule has 0 aromatic heterocycles. The van der Waals surface area contributed by atoms with E-state index in [1.54, 1.807) is 11.8 Å². The summed E-state index contributed by atoms with van der Waals surface area (Å²) in [5.41, 5.74) is -0.691. The summed E-state index contributed by atoms with van der Waals surface area (Å²) in [6, 6.07) is 0. The van der Waals surface area contributed by atoms with Gasteiger partial charge in [-0.3, -0.25) is 4.79 Å². The average molecular weight is 273 g/mol. The van der Waals surface area contributed by atoms with Gasteiger partial charge in [-0.15, -0.1) is 0 Å². The highest BCUT2D eigenvalue weighted by Crippen LogP contribution is 2.42. The van der Waals surface area contributed by atoms with Crippen LogP contribution in [0.1, 0.15) is 47.0 Å². The van der Waals surface area contributed by atoms with Gasteiger partial charge < -0.3 is 10.4 Å². The number of nitrogens with one attached hydrogen (secondary N) is 1. The Hall–Kier alpha value is -0.220. The van der Waals surface area contributed by atoms with E-state index in [4.69, 9.17) is 0 Å². The molecule has 1 rings (SSSR count). The highest BCUT2D eigenvalue weighted by molar-refractivity contribution is 8.00. The zero-order chi connectivity index (χ0) is 13.8. The number of carboxylic acids is 1. The standard InChI is InChI=1S/C14H27NO2S/c1-5-8-15-14(13(16)17,12-6-7-12)9-18-11(4)10(2)3/h10-12,15H,5-9H2,1-4H3,(H,16,17). The summed E-state index contributed by atoms with van der Waals surface area (Å²) in [5.74, 6) is 0.939. The van der Waals surface area contributed by atoms with E-state index in [-0.39, 0.29) is 0 Å². The maximum Gasteiger partial charge on any atom is 0.325 e. The van der Waals surface area contributed by atoms with Gasteiger partial charge in [-0.1, -0.05) is 27.7 Å². The molecular formula is C14H27NO2S. The fourth-order valence-corrected chi connectivity index (χ4v) is 3.38. The highest BCUT2D eigenvalue weighted by atomic mass is 32.2. The number of hydrogen-bond donors (Lipinski definition) is 2. The molecule has 0 radical (unpaired) electrons. The molecule has 2 N–H and O–H groups in total. The third kappa shape index (κ3) is 3.89. The molecule has 3 nitrogen and oxygen atoms in total. The summed E-state index contributed by atoms with van der Waals surface area (Å²) in [4.78, 5) is 11.7. The normalized spacial score (nSPS) is 20.7. The Kier molecular flexibility index (Phi) is 5.99. The van der Waals surface area contributed by atoms with Gasteiger partial charge in [0.05, 0.1) is 0 Å². The quantitative estimate of drug-likeness (QED) is 0.678. The predicted octanol–water partition coefficient (Wildman–Crippen LogP) is 3.00. The zero-order valence-electron chi connectivity index (χ0n) is 12.0. The number of carboxylic acid groups (broad SMARTS) is 1. The molecule has 2 atom stereocenters. The second-order valence-electron chi connectivity index (χ2n) is 5.74. The molecule has 1 saturated carbocycles. The van der Waals surface area contributed by atoms with Gasteiger partial charge in [0, 0.05) is 11.0 Å². The van der Waals surface area contributed by atoms with Crippen molar-refractivity contribution >= 4 is 17.7 Å². The van der Waals surface area contributed by atoms with Crippen LogP contribution in [0, 0.1) is 11.8 Å². The van der Waals surface area contributed by atoms with Crippen LogP contribution in [0.5, 0.6) is 0 Å². The van der Waals surface area contributed by atoms with Gasteiger partial charge in [-0.25, -0.2) is 0 Å². The lowest BCUT2D eigenvalue weighted by Crippen LogP contribution is -2.56. The van der Waals surface area contributed by atoms with Gasteiger partial charge in [0.2, 0.25) is 0 Å². The van der Waals surface area contributed by atoms with Crippen LogP contribution in [-0.4, -0.2) is 34.2 Å². The summed E-state index contributed by atoms with van der Waals surface area (Å²) in [5, 5.41) is 13.5. The Bertz CT molecular complexity index is 279. The molecule has 0 amide bonds. The first-order valence-electron chi connectivity index (χ1n) is 7.04. The van der Waals surface area contributed by atoms with Gasteiger partial charge >= 0.3 is 5.97 Å². The molecular weight excluding hydrogens is 246 g/mol. The molecule has 0 heterocycles. The number of thioether (sulfide) groups is 1. The monoisotopic (exact) mass is 273 g/mol. The first kappa shape index (κ1) is 15.8. The third-order valence-corrected chi connectivity index (χ3v) is 5.55. The lowest BCUT2D eigenvalue weighted by atomic mass is 9.95. The van der Waals surface area contributed by atoms with Crippen molar-refractivity contribution in [3.05, 3.63) is 0 Å². The van der Waals surface area contributed by atoms with Crippen molar-refractivity contribution in [3.8, 4) is 0 Å². The van der Waals surface area contributed by atoms with E-state index < -0.39 is 11.5 Å². The van der Waals surface area contributed by atoms with Crippen LogP contribution < -0.4 is 5.32 Å². The minimum atomic E-state index is -0.691. The zero-order valence-corrected chi connectivity index (χ0v) is 12.8. The minimum Gasteiger partial charge on any atom is -0.480 e. The molecule has 0 bridgehead atoms. The molecule has 0 aromatic carbocycles. The fraction of sp³-hybridized carbons (Fsp3) is 0.929. The Balaban J connectivity index is 2.66. The Morgan fingerprint density at radius 2 is 2.06 bits per heavy atom. The Morgan fingerprint density at radius 1 is 1.44 bits per heavy atom. The second kappa shape index (κ2) is 6.80. The summed E-state index contributed by atoms with van der Waals surface area (Å²) < 4.78 is 0. The molecule has 1 aliphatic carbocycles. The van der Waals surface area contributed by atoms with Gasteiger partial charge in [0.15, 0.2) is 0 Å². The van der Waals surface area contributed by atoms with Crippen molar-refractivity contribution < 1.29 is 9.90 Å². The van der Waals surface area contributed by atoms with Crippen LogP contribution in [0.4, 0.5) is 0 Å². The Morgan fingerprint density at radius 3 is 2.44 bits per heavy atom. The van der Waals surface area contributed by atoms with Gasteiger partial charge in [0.25, 0.3) is 0 Å². The van der Waals surface area contributed by atoms with Crippen LogP contribution in [-0.2, 0) is 4.79 Å². The lowest BCUT2D eigenvalue weighted by molar-refractivity contribution is -0.144. The van der Waals surface area contributed by atoms with Crippen LogP contribution in [0.3, 0.4) is 0 Å². The van der Waals surface area contributed by atoms with Crippen molar-refractivity contribution in [3.63, 3.8) is 0 Å². The number of rotatable bonds is 9. The molecule has 0 saturated heterocycles. The van der Waals surface area contributed by atoms with Crippen LogP contribution in [0.25, 0.3) is 0 Å². The van der Waals surface area contributed by atoms with Crippen molar-refractivity contribution in [2.24, 2.45) is 11.8 Å². The summed E-state index contributed by atoms with van der Waals surface area (Å²) in [6.45, 7) is 9.44. The van der Waals surface area contributed by atoms with E-state index in [0.29, 0.717) is 22.8 Å². The van der Waals surface area contributed by atoms with Gasteiger partial charge in [-0.2, -0.15) is 11.8 Å². The highest BCUT2D eigenvalue weighted by Gasteiger charge is 2.50. The third-order valence-electron chi connectivity index (χ3n) is 3.86. The number of hydrogen-bond acceptors (Lipinski definition) is 3. The molecule has 18 heavy (non-hydrogen) atoms.